The molecule has 2 aromatic carbocycles. The van der Waals surface area contributed by atoms with Crippen LogP contribution in [0.2, 0.25) is 10.0 Å². The number of ether oxygens (including phenoxy) is 1. The zero-order valence-electron chi connectivity index (χ0n) is 17.4. The van der Waals surface area contributed by atoms with Gasteiger partial charge >= 0.3 is 6.09 Å². The molecule has 172 valence electrons. The smallest absolute Gasteiger partial charge is 0.404 e. The number of nitrogens with zero attached hydrogens (tertiary/aromatic N) is 4. The van der Waals surface area contributed by atoms with Crippen LogP contribution in [-0.4, -0.2) is 42.5 Å². The number of hydrogen-bond donors (Lipinski definition) is 4. The van der Waals surface area contributed by atoms with E-state index in [1.165, 1.54) is 6.33 Å². The fourth-order valence-corrected chi connectivity index (χ4v) is 4.00. The van der Waals surface area contributed by atoms with E-state index in [9.17, 15) is 4.79 Å². The average Bonchev–Trinajstić information content (AvgIpc) is 3.46. The Morgan fingerprint density at radius 3 is 2.79 bits per heavy atom. The lowest BCUT2D eigenvalue weighted by molar-refractivity contribution is 0.194. The molecular formula is C22H17Cl2N7O3. The lowest BCUT2D eigenvalue weighted by atomic mass is 10.2. The molecule has 1 amide bonds. The molecule has 0 atom stereocenters. The number of rotatable bonds is 7. The van der Waals surface area contributed by atoms with Crippen LogP contribution >= 0.6 is 23.2 Å². The first-order valence-electron chi connectivity index (χ1n) is 10.1. The van der Waals surface area contributed by atoms with Crippen molar-refractivity contribution in [3.8, 4) is 11.5 Å². The summed E-state index contributed by atoms with van der Waals surface area (Å²) in [6.07, 6.45) is 3.86. The zero-order chi connectivity index (χ0) is 23.7. The SMILES string of the molecule is O=C(O)NCCn1ccc2ncnc(Nc3ccc(Oc4ccc(Cl)c5[nH]ncc45)c(Cl)c3)c21. The largest absolute Gasteiger partial charge is 0.465 e. The Balaban J connectivity index is 1.39. The van der Waals surface area contributed by atoms with Crippen LogP contribution in [0, 0.1) is 0 Å². The van der Waals surface area contributed by atoms with E-state index in [2.05, 4.69) is 30.8 Å². The van der Waals surface area contributed by atoms with Crippen LogP contribution in [0.15, 0.2) is 55.1 Å². The second-order valence-electron chi connectivity index (χ2n) is 7.27. The predicted octanol–water partition coefficient (Wildman–Crippen LogP) is 5.42. The van der Waals surface area contributed by atoms with E-state index in [-0.39, 0.29) is 6.54 Å². The molecule has 0 spiro atoms. The van der Waals surface area contributed by atoms with Crippen LogP contribution in [0.25, 0.3) is 21.9 Å². The van der Waals surface area contributed by atoms with Crippen LogP contribution < -0.4 is 15.4 Å². The molecule has 0 aliphatic rings. The number of aromatic nitrogens is 5. The molecule has 0 bridgehead atoms. The first-order chi connectivity index (χ1) is 16.5. The predicted molar refractivity (Wildman–Crippen MR) is 129 cm³/mol. The average molecular weight is 498 g/mol. The number of amides is 1. The summed E-state index contributed by atoms with van der Waals surface area (Å²) >= 11 is 12.7. The second-order valence-corrected chi connectivity index (χ2v) is 8.09. The summed E-state index contributed by atoms with van der Waals surface area (Å²) in [4.78, 5) is 19.4. The highest BCUT2D eigenvalue weighted by atomic mass is 35.5. The maximum atomic E-state index is 10.7. The fraction of sp³-hybridized carbons (Fsp3) is 0.0909. The van der Waals surface area contributed by atoms with Crippen molar-refractivity contribution in [2.24, 2.45) is 0 Å². The maximum Gasteiger partial charge on any atom is 0.404 e. The van der Waals surface area contributed by atoms with Gasteiger partial charge in [-0.2, -0.15) is 5.10 Å². The third-order valence-electron chi connectivity index (χ3n) is 5.12. The van der Waals surface area contributed by atoms with Gasteiger partial charge in [0.25, 0.3) is 0 Å². The second kappa shape index (κ2) is 9.08. The quantitative estimate of drug-likeness (QED) is 0.236. The molecule has 5 aromatic rings. The number of halogens is 2. The van der Waals surface area contributed by atoms with Crippen LogP contribution in [0.3, 0.4) is 0 Å². The van der Waals surface area contributed by atoms with Gasteiger partial charge in [0.15, 0.2) is 5.82 Å². The van der Waals surface area contributed by atoms with Crippen molar-refractivity contribution in [2.75, 3.05) is 11.9 Å². The minimum absolute atomic E-state index is 0.250. The van der Waals surface area contributed by atoms with Gasteiger partial charge < -0.3 is 25.0 Å². The van der Waals surface area contributed by atoms with Gasteiger partial charge in [-0.15, -0.1) is 0 Å². The molecule has 10 nitrogen and oxygen atoms in total. The molecule has 3 heterocycles. The summed E-state index contributed by atoms with van der Waals surface area (Å²) in [6, 6.07) is 10.6. The normalized spacial score (nSPS) is 11.1. The van der Waals surface area contributed by atoms with Gasteiger partial charge in [-0.25, -0.2) is 14.8 Å². The van der Waals surface area contributed by atoms with Gasteiger partial charge in [0, 0.05) is 25.0 Å². The van der Waals surface area contributed by atoms with Crippen molar-refractivity contribution < 1.29 is 14.6 Å². The van der Waals surface area contributed by atoms with Crippen molar-refractivity contribution in [3.05, 3.63) is 65.2 Å². The first kappa shape index (κ1) is 21.8. The van der Waals surface area contributed by atoms with Crippen LogP contribution in [0.4, 0.5) is 16.3 Å². The lowest BCUT2D eigenvalue weighted by Crippen LogP contribution is -2.25. The molecule has 0 aliphatic heterocycles. The molecule has 4 N–H and O–H groups in total. The van der Waals surface area contributed by atoms with Crippen LogP contribution in [-0.2, 0) is 6.54 Å². The molecule has 5 rings (SSSR count). The van der Waals surface area contributed by atoms with Gasteiger partial charge in [0.2, 0.25) is 0 Å². The molecule has 0 saturated heterocycles. The summed E-state index contributed by atoms with van der Waals surface area (Å²) in [5.74, 6) is 1.60. The van der Waals surface area contributed by atoms with Gasteiger partial charge in [-0.1, -0.05) is 23.2 Å². The standard InChI is InChI=1S/C22H17Cl2N7O3/c23-14-2-4-17(13-10-28-30-19(13)14)34-18-3-1-12(9-15(18)24)29-21-20-16(26-11-27-21)5-7-31(20)8-6-25-22(32)33/h1-5,7,9-11,25H,6,8H2,(H,28,30)(H,32,33)(H,26,27,29). The molecule has 0 aliphatic carbocycles. The van der Waals surface area contributed by atoms with E-state index in [4.69, 9.17) is 33.0 Å². The highest BCUT2D eigenvalue weighted by Crippen LogP contribution is 2.37. The van der Waals surface area contributed by atoms with Gasteiger partial charge in [-0.3, -0.25) is 5.10 Å². The zero-order valence-corrected chi connectivity index (χ0v) is 18.9. The molecule has 34 heavy (non-hydrogen) atoms. The van der Waals surface area contributed by atoms with E-state index in [1.807, 2.05) is 22.9 Å². The summed E-state index contributed by atoms with van der Waals surface area (Å²) in [5.41, 5.74) is 2.85. The van der Waals surface area contributed by atoms with E-state index >= 15 is 0 Å². The molecule has 0 fully saturated rings. The van der Waals surface area contributed by atoms with E-state index in [0.29, 0.717) is 45.1 Å². The van der Waals surface area contributed by atoms with Crippen molar-refractivity contribution in [2.45, 2.75) is 6.54 Å². The van der Waals surface area contributed by atoms with Gasteiger partial charge in [0.05, 0.1) is 32.7 Å². The van der Waals surface area contributed by atoms with Crippen molar-refractivity contribution in [1.82, 2.24) is 30.0 Å². The van der Waals surface area contributed by atoms with Gasteiger partial charge in [0.1, 0.15) is 23.3 Å². The molecular weight excluding hydrogens is 481 g/mol. The Kier molecular flexibility index (Phi) is 5.83. The number of anilines is 2. The van der Waals surface area contributed by atoms with Crippen LogP contribution in [0.1, 0.15) is 0 Å². The lowest BCUT2D eigenvalue weighted by Gasteiger charge is -2.13. The van der Waals surface area contributed by atoms with Crippen LogP contribution in [0.5, 0.6) is 11.5 Å². The number of carbonyl (C=O) groups is 1. The Hall–Kier alpha value is -4.02. The molecule has 3 aromatic heterocycles. The Morgan fingerprint density at radius 1 is 1.12 bits per heavy atom. The Labute approximate surface area is 202 Å². The number of hydrogen-bond acceptors (Lipinski definition) is 6. The summed E-state index contributed by atoms with van der Waals surface area (Å²) in [7, 11) is 0. The minimum atomic E-state index is -1.07. The molecule has 12 heteroatoms. The number of fused-ring (bicyclic) bond motifs is 2. The summed E-state index contributed by atoms with van der Waals surface area (Å²) in [5, 5.41) is 23.0. The van der Waals surface area contributed by atoms with Crippen molar-refractivity contribution >= 4 is 62.7 Å². The third kappa shape index (κ3) is 4.28. The number of carboxylic acid groups (broad SMARTS) is 1. The Bertz CT molecular complexity index is 1520. The molecule has 0 saturated carbocycles. The number of H-pyrrole nitrogens is 1. The highest BCUT2D eigenvalue weighted by molar-refractivity contribution is 6.35. The molecule has 0 radical (unpaired) electrons. The van der Waals surface area contributed by atoms with Gasteiger partial charge in [-0.05, 0) is 36.4 Å². The number of aromatic amines is 1. The van der Waals surface area contributed by atoms with Crippen molar-refractivity contribution in [3.63, 3.8) is 0 Å². The summed E-state index contributed by atoms with van der Waals surface area (Å²) in [6.45, 7) is 0.675. The topological polar surface area (TPSA) is 130 Å². The molecule has 0 unspecified atom stereocenters. The van der Waals surface area contributed by atoms with E-state index in [0.717, 1.165) is 16.4 Å². The maximum absolute atomic E-state index is 10.7. The fourth-order valence-electron chi connectivity index (χ4n) is 3.58. The number of benzene rings is 2. The summed E-state index contributed by atoms with van der Waals surface area (Å²) < 4.78 is 7.90. The monoisotopic (exact) mass is 497 g/mol. The minimum Gasteiger partial charge on any atom is -0.465 e. The van der Waals surface area contributed by atoms with E-state index < -0.39 is 6.09 Å². The van der Waals surface area contributed by atoms with E-state index in [1.54, 1.807) is 30.5 Å². The van der Waals surface area contributed by atoms with Crippen molar-refractivity contribution in [1.29, 1.82) is 0 Å². The first-order valence-corrected chi connectivity index (χ1v) is 10.9. The third-order valence-corrected chi connectivity index (χ3v) is 5.73. The highest BCUT2D eigenvalue weighted by Gasteiger charge is 2.13. The Morgan fingerprint density at radius 2 is 1.97 bits per heavy atom. The number of nitrogens with one attached hydrogen (secondary N) is 3.